The second-order valence-electron chi connectivity index (χ2n) is 9.38. The third-order valence-corrected chi connectivity index (χ3v) is 8.90. The van der Waals surface area contributed by atoms with Crippen LogP contribution >= 0.6 is 0 Å². The van der Waals surface area contributed by atoms with Gasteiger partial charge in [0.15, 0.2) is 11.5 Å². The van der Waals surface area contributed by atoms with Crippen molar-refractivity contribution in [3.63, 3.8) is 0 Å². The minimum atomic E-state index is -3.82. The normalized spacial score (nSPS) is 16.1. The number of nitrogens with one attached hydrogen (secondary N) is 2. The predicted octanol–water partition coefficient (Wildman–Crippen LogP) is 1.49. The van der Waals surface area contributed by atoms with Gasteiger partial charge < -0.3 is 14.7 Å². The number of amides is 2. The summed E-state index contributed by atoms with van der Waals surface area (Å²) in [5.74, 6) is -0.175. The van der Waals surface area contributed by atoms with Crippen molar-refractivity contribution < 1.29 is 22.5 Å². The van der Waals surface area contributed by atoms with E-state index in [1.54, 1.807) is 38.2 Å². The number of hydrogen-bond donors (Lipinski definition) is 2. The summed E-state index contributed by atoms with van der Waals surface area (Å²) in [4.78, 5) is 27.8. The van der Waals surface area contributed by atoms with E-state index in [0.717, 1.165) is 5.56 Å². The monoisotopic (exact) mass is 523 g/mol. The summed E-state index contributed by atoms with van der Waals surface area (Å²) in [5.41, 5.74) is 2.36. The van der Waals surface area contributed by atoms with E-state index >= 15 is 0 Å². The van der Waals surface area contributed by atoms with Gasteiger partial charge in [0.1, 0.15) is 16.2 Å². The lowest BCUT2D eigenvalue weighted by molar-refractivity contribution is 0.0724. The molecule has 0 unspecified atom stereocenters. The standard InChI is InChI=1S/C24H25N7O5S/c1-15-11-19(28-36-15)29-37(34,35)24(8-9-24)14-31-10-7-18-20(27-30(2)21(18)23(31)33)22(32)26-13-17-5-3-16(12-25)4-6-17/h3-6,11H,7-10,13-14H2,1-2H3,(H,26,32)(H,28,29). The van der Waals surface area contributed by atoms with Gasteiger partial charge in [0.2, 0.25) is 10.0 Å². The molecule has 13 heteroatoms. The first-order valence-electron chi connectivity index (χ1n) is 11.7. The molecule has 0 spiro atoms. The number of aromatic nitrogens is 3. The van der Waals surface area contributed by atoms with E-state index in [9.17, 15) is 18.0 Å². The lowest BCUT2D eigenvalue weighted by atomic mass is 10.0. The van der Waals surface area contributed by atoms with Gasteiger partial charge in [0.05, 0.1) is 11.6 Å². The quantitative estimate of drug-likeness (QED) is 0.448. The molecule has 1 saturated carbocycles. The van der Waals surface area contributed by atoms with Crippen LogP contribution in [0.5, 0.6) is 0 Å². The number of anilines is 1. The maximum absolute atomic E-state index is 13.4. The molecule has 2 aliphatic rings. The molecule has 5 rings (SSSR count). The van der Waals surface area contributed by atoms with Crippen molar-refractivity contribution in [2.75, 3.05) is 17.8 Å². The first kappa shape index (κ1) is 24.5. The minimum absolute atomic E-state index is 0.0306. The summed E-state index contributed by atoms with van der Waals surface area (Å²) in [6.07, 6.45) is 1.22. The highest BCUT2D eigenvalue weighted by atomic mass is 32.2. The van der Waals surface area contributed by atoms with Gasteiger partial charge >= 0.3 is 0 Å². The Kier molecular flexibility index (Phi) is 5.99. The van der Waals surface area contributed by atoms with Gasteiger partial charge in [-0.05, 0) is 43.9 Å². The number of rotatable bonds is 8. The van der Waals surface area contributed by atoms with Gasteiger partial charge in [-0.3, -0.25) is 19.0 Å². The number of carbonyl (C=O) groups is 2. The molecule has 0 radical (unpaired) electrons. The maximum Gasteiger partial charge on any atom is 0.272 e. The molecule has 1 fully saturated rings. The Labute approximate surface area is 213 Å². The zero-order valence-corrected chi connectivity index (χ0v) is 21.1. The van der Waals surface area contributed by atoms with Crippen LogP contribution in [0.1, 0.15) is 56.3 Å². The second-order valence-corrected chi connectivity index (χ2v) is 11.5. The highest BCUT2D eigenvalue weighted by Crippen LogP contribution is 2.45. The molecule has 3 aromatic rings. The molecule has 0 bridgehead atoms. The highest BCUT2D eigenvalue weighted by Gasteiger charge is 2.57. The molecular formula is C24H25N7O5S. The number of sulfonamides is 1. The van der Waals surface area contributed by atoms with Crippen LogP contribution in [0.4, 0.5) is 5.82 Å². The van der Waals surface area contributed by atoms with Crippen molar-refractivity contribution in [3.8, 4) is 6.07 Å². The van der Waals surface area contributed by atoms with E-state index in [-0.39, 0.29) is 42.7 Å². The maximum atomic E-state index is 13.4. The molecule has 192 valence electrons. The van der Waals surface area contributed by atoms with Gasteiger partial charge in [-0.2, -0.15) is 10.4 Å². The number of nitrogens with zero attached hydrogens (tertiary/aromatic N) is 5. The lowest BCUT2D eigenvalue weighted by Crippen LogP contribution is -2.47. The van der Waals surface area contributed by atoms with E-state index < -0.39 is 20.7 Å². The third-order valence-electron chi connectivity index (χ3n) is 6.74. The van der Waals surface area contributed by atoms with Crippen LogP contribution in [0, 0.1) is 18.3 Å². The molecule has 3 heterocycles. The molecule has 1 aromatic carbocycles. The van der Waals surface area contributed by atoms with Crippen LogP contribution in [0.3, 0.4) is 0 Å². The van der Waals surface area contributed by atoms with Crippen molar-refractivity contribution in [2.24, 2.45) is 7.05 Å². The molecule has 1 aliphatic heterocycles. The Hall–Kier alpha value is -4.18. The van der Waals surface area contributed by atoms with Crippen molar-refractivity contribution in [2.45, 2.75) is 37.5 Å². The number of hydrogen-bond acceptors (Lipinski definition) is 8. The number of carbonyl (C=O) groups excluding carboxylic acids is 2. The van der Waals surface area contributed by atoms with E-state index in [1.165, 1.54) is 15.6 Å². The average Bonchev–Trinajstić information content (AvgIpc) is 3.45. The zero-order chi connectivity index (χ0) is 26.4. The first-order valence-corrected chi connectivity index (χ1v) is 13.2. The second kappa shape index (κ2) is 9.04. The summed E-state index contributed by atoms with van der Waals surface area (Å²) < 4.78 is 33.9. The molecular weight excluding hydrogens is 498 g/mol. The minimum Gasteiger partial charge on any atom is -0.360 e. The Morgan fingerprint density at radius 3 is 2.62 bits per heavy atom. The molecule has 1 aliphatic carbocycles. The van der Waals surface area contributed by atoms with E-state index in [2.05, 4.69) is 20.3 Å². The average molecular weight is 524 g/mol. The van der Waals surface area contributed by atoms with Crippen LogP contribution in [-0.2, 0) is 30.0 Å². The van der Waals surface area contributed by atoms with Crippen LogP contribution in [0.15, 0.2) is 34.9 Å². The largest absolute Gasteiger partial charge is 0.360 e. The molecule has 2 amide bonds. The van der Waals surface area contributed by atoms with Crippen molar-refractivity contribution >= 4 is 27.7 Å². The smallest absolute Gasteiger partial charge is 0.272 e. The fraction of sp³-hybridized carbons (Fsp3) is 0.375. The number of benzene rings is 1. The number of nitriles is 1. The number of aryl methyl sites for hydroxylation is 2. The molecule has 2 N–H and O–H groups in total. The van der Waals surface area contributed by atoms with Gasteiger partial charge in [-0.25, -0.2) is 8.42 Å². The highest BCUT2D eigenvalue weighted by molar-refractivity contribution is 7.94. The summed E-state index contributed by atoms with van der Waals surface area (Å²) >= 11 is 0. The van der Waals surface area contributed by atoms with Crippen LogP contribution in [0.2, 0.25) is 0 Å². The molecule has 12 nitrogen and oxygen atoms in total. The van der Waals surface area contributed by atoms with Crippen molar-refractivity contribution in [1.29, 1.82) is 5.26 Å². The van der Waals surface area contributed by atoms with Gasteiger partial charge in [-0.1, -0.05) is 17.3 Å². The third kappa shape index (κ3) is 4.55. The first-order chi connectivity index (χ1) is 17.6. The van der Waals surface area contributed by atoms with Gasteiger partial charge in [0.25, 0.3) is 11.8 Å². The van der Waals surface area contributed by atoms with E-state index in [4.69, 9.17) is 9.78 Å². The Bertz CT molecular complexity index is 1530. The molecule has 37 heavy (non-hydrogen) atoms. The number of fused-ring (bicyclic) bond motifs is 1. The summed E-state index contributed by atoms with van der Waals surface area (Å²) in [5, 5.41) is 19.7. The topological polar surface area (TPSA) is 163 Å². The predicted molar refractivity (Wildman–Crippen MR) is 131 cm³/mol. The molecule has 2 aromatic heterocycles. The van der Waals surface area contributed by atoms with E-state index in [0.29, 0.717) is 36.1 Å². The molecule has 0 saturated heterocycles. The van der Waals surface area contributed by atoms with Crippen molar-refractivity contribution in [3.05, 3.63) is 64.2 Å². The van der Waals surface area contributed by atoms with Gasteiger partial charge in [0, 0.05) is 38.3 Å². The fourth-order valence-corrected chi connectivity index (χ4v) is 6.08. The van der Waals surface area contributed by atoms with Crippen molar-refractivity contribution in [1.82, 2.24) is 25.2 Å². The zero-order valence-electron chi connectivity index (χ0n) is 20.3. The Morgan fingerprint density at radius 2 is 2.00 bits per heavy atom. The lowest BCUT2D eigenvalue weighted by Gasteiger charge is -2.30. The van der Waals surface area contributed by atoms with Crippen LogP contribution in [0.25, 0.3) is 0 Å². The summed E-state index contributed by atoms with van der Waals surface area (Å²) in [6, 6.07) is 10.4. The van der Waals surface area contributed by atoms with Gasteiger partial charge in [-0.15, -0.1) is 0 Å². The van der Waals surface area contributed by atoms with E-state index in [1.807, 2.05) is 6.07 Å². The summed E-state index contributed by atoms with van der Waals surface area (Å²) in [6.45, 7) is 2.21. The van der Waals surface area contributed by atoms with Crippen LogP contribution < -0.4 is 10.0 Å². The SMILES string of the molecule is Cc1cc(NS(=O)(=O)C2(CN3CCc4c(C(=O)NCc5ccc(C#N)cc5)nn(C)c4C3=O)CC2)no1. The fourth-order valence-electron chi connectivity index (χ4n) is 4.53. The van der Waals surface area contributed by atoms with Crippen LogP contribution in [-0.4, -0.2) is 57.9 Å². The Morgan fingerprint density at radius 1 is 1.27 bits per heavy atom. The summed E-state index contributed by atoms with van der Waals surface area (Å²) in [7, 11) is -2.22. The molecule has 0 atom stereocenters. The Balaban J connectivity index is 1.28.